The molecule has 2 unspecified atom stereocenters. The Morgan fingerprint density at radius 2 is 2.21 bits per heavy atom. The van der Waals surface area contributed by atoms with Crippen LogP contribution < -0.4 is 10.6 Å². The van der Waals surface area contributed by atoms with Crippen molar-refractivity contribution in [2.24, 2.45) is 0 Å². The fourth-order valence-electron chi connectivity index (χ4n) is 3.13. The van der Waals surface area contributed by atoms with Gasteiger partial charge in [-0.25, -0.2) is 0 Å². The van der Waals surface area contributed by atoms with Crippen LogP contribution in [0.4, 0.5) is 0 Å². The summed E-state index contributed by atoms with van der Waals surface area (Å²) in [5.41, 5.74) is 2.55. The number of aromatic hydroxyl groups is 1. The Morgan fingerprint density at radius 1 is 1.32 bits per heavy atom. The van der Waals surface area contributed by atoms with Crippen molar-refractivity contribution in [3.63, 3.8) is 0 Å². The van der Waals surface area contributed by atoms with Crippen LogP contribution in [0.25, 0.3) is 0 Å². The molecule has 4 heteroatoms. The first-order chi connectivity index (χ1) is 9.22. The average molecular weight is 260 g/mol. The SMILES string of the molecule is O=C1CCC(CNC2CCCc3cc(O)ccc32)N1. The van der Waals surface area contributed by atoms with Gasteiger partial charge in [-0.2, -0.15) is 0 Å². The predicted octanol–water partition coefficient (Wildman–Crippen LogP) is 1.64. The van der Waals surface area contributed by atoms with E-state index in [9.17, 15) is 9.90 Å². The summed E-state index contributed by atoms with van der Waals surface area (Å²) in [5, 5.41) is 16.1. The summed E-state index contributed by atoms with van der Waals surface area (Å²) in [6.07, 6.45) is 4.90. The van der Waals surface area contributed by atoms with Gasteiger partial charge < -0.3 is 15.7 Å². The second-order valence-electron chi connectivity index (χ2n) is 5.54. The van der Waals surface area contributed by atoms with Crippen LogP contribution in [0.2, 0.25) is 0 Å². The van der Waals surface area contributed by atoms with E-state index in [0.717, 1.165) is 32.2 Å². The lowest BCUT2D eigenvalue weighted by Gasteiger charge is -2.27. The molecule has 1 heterocycles. The van der Waals surface area contributed by atoms with Gasteiger partial charge in [0.15, 0.2) is 0 Å². The Labute approximate surface area is 113 Å². The quantitative estimate of drug-likeness (QED) is 0.774. The van der Waals surface area contributed by atoms with Gasteiger partial charge in [0.2, 0.25) is 5.91 Å². The molecule has 0 saturated carbocycles. The van der Waals surface area contributed by atoms with E-state index in [4.69, 9.17) is 0 Å². The number of amides is 1. The summed E-state index contributed by atoms with van der Waals surface area (Å²) in [5.74, 6) is 0.517. The van der Waals surface area contributed by atoms with Crippen LogP contribution >= 0.6 is 0 Å². The topological polar surface area (TPSA) is 61.4 Å². The lowest BCUT2D eigenvalue weighted by molar-refractivity contribution is -0.119. The zero-order valence-electron chi connectivity index (χ0n) is 11.0. The second-order valence-corrected chi connectivity index (χ2v) is 5.54. The number of aryl methyl sites for hydroxylation is 1. The minimum absolute atomic E-state index is 0.167. The molecule has 0 spiro atoms. The molecule has 1 aliphatic heterocycles. The van der Waals surface area contributed by atoms with Gasteiger partial charge in [0.05, 0.1) is 0 Å². The first-order valence-corrected chi connectivity index (χ1v) is 7.07. The fourth-order valence-corrected chi connectivity index (χ4v) is 3.13. The van der Waals surface area contributed by atoms with E-state index in [-0.39, 0.29) is 11.9 Å². The number of hydrogen-bond donors (Lipinski definition) is 3. The molecule has 1 aromatic rings. The van der Waals surface area contributed by atoms with Crippen LogP contribution in [-0.2, 0) is 11.2 Å². The van der Waals surface area contributed by atoms with Crippen molar-refractivity contribution in [1.29, 1.82) is 0 Å². The summed E-state index contributed by atoms with van der Waals surface area (Å²) in [6.45, 7) is 0.830. The average Bonchev–Trinajstić information content (AvgIpc) is 2.81. The van der Waals surface area contributed by atoms with Crippen molar-refractivity contribution in [3.8, 4) is 5.75 Å². The van der Waals surface area contributed by atoms with Gasteiger partial charge in [-0.1, -0.05) is 6.07 Å². The maximum absolute atomic E-state index is 11.2. The Balaban J connectivity index is 1.65. The van der Waals surface area contributed by atoms with Gasteiger partial charge in [-0.15, -0.1) is 0 Å². The van der Waals surface area contributed by atoms with E-state index in [1.165, 1.54) is 11.1 Å². The Bertz CT molecular complexity index is 487. The highest BCUT2D eigenvalue weighted by Gasteiger charge is 2.24. The number of rotatable bonds is 3. The minimum Gasteiger partial charge on any atom is -0.508 e. The molecule has 102 valence electrons. The third-order valence-corrected chi connectivity index (χ3v) is 4.14. The predicted molar refractivity (Wildman–Crippen MR) is 73.0 cm³/mol. The van der Waals surface area contributed by atoms with Crippen molar-refractivity contribution >= 4 is 5.91 Å². The number of carbonyl (C=O) groups excluding carboxylic acids is 1. The summed E-state index contributed by atoms with van der Waals surface area (Å²) in [4.78, 5) is 11.2. The Hall–Kier alpha value is -1.55. The maximum atomic E-state index is 11.2. The molecule has 1 saturated heterocycles. The molecule has 1 amide bonds. The largest absolute Gasteiger partial charge is 0.508 e. The van der Waals surface area contributed by atoms with Gasteiger partial charge in [-0.05, 0) is 48.9 Å². The Morgan fingerprint density at radius 3 is 3.00 bits per heavy atom. The third-order valence-electron chi connectivity index (χ3n) is 4.14. The molecule has 1 aromatic carbocycles. The van der Waals surface area contributed by atoms with Gasteiger partial charge in [0, 0.05) is 25.0 Å². The molecule has 0 bridgehead atoms. The molecule has 3 N–H and O–H groups in total. The molecule has 19 heavy (non-hydrogen) atoms. The van der Waals surface area contributed by atoms with E-state index in [0.29, 0.717) is 18.2 Å². The van der Waals surface area contributed by atoms with Crippen molar-refractivity contribution in [2.45, 2.75) is 44.2 Å². The summed E-state index contributed by atoms with van der Waals surface area (Å²) < 4.78 is 0. The summed E-state index contributed by atoms with van der Waals surface area (Å²) in [7, 11) is 0. The highest BCUT2D eigenvalue weighted by Crippen LogP contribution is 2.31. The second kappa shape index (κ2) is 5.21. The first-order valence-electron chi connectivity index (χ1n) is 7.07. The monoisotopic (exact) mass is 260 g/mol. The number of nitrogens with one attached hydrogen (secondary N) is 2. The van der Waals surface area contributed by atoms with Crippen LogP contribution in [0.15, 0.2) is 18.2 Å². The number of phenolic OH excluding ortho intramolecular Hbond substituents is 1. The van der Waals surface area contributed by atoms with E-state index in [1.54, 1.807) is 6.07 Å². The van der Waals surface area contributed by atoms with E-state index < -0.39 is 0 Å². The lowest BCUT2D eigenvalue weighted by atomic mass is 9.87. The van der Waals surface area contributed by atoms with Gasteiger partial charge >= 0.3 is 0 Å². The van der Waals surface area contributed by atoms with E-state index >= 15 is 0 Å². The zero-order valence-corrected chi connectivity index (χ0v) is 11.0. The normalized spacial score (nSPS) is 26.0. The third kappa shape index (κ3) is 2.73. The minimum atomic E-state index is 0.167. The molecular weight excluding hydrogens is 240 g/mol. The molecule has 3 rings (SSSR count). The molecule has 0 aromatic heterocycles. The first kappa shape index (κ1) is 12.5. The molecule has 0 radical (unpaired) electrons. The van der Waals surface area contributed by atoms with Crippen LogP contribution in [0.1, 0.15) is 42.9 Å². The van der Waals surface area contributed by atoms with Gasteiger partial charge in [0.25, 0.3) is 0 Å². The van der Waals surface area contributed by atoms with Crippen molar-refractivity contribution in [2.75, 3.05) is 6.54 Å². The molecule has 2 atom stereocenters. The number of carbonyl (C=O) groups is 1. The number of benzene rings is 1. The molecule has 1 fully saturated rings. The van der Waals surface area contributed by atoms with Crippen molar-refractivity contribution < 1.29 is 9.90 Å². The lowest BCUT2D eigenvalue weighted by Crippen LogP contribution is -2.38. The number of hydrogen-bond acceptors (Lipinski definition) is 3. The molecular formula is C15H20N2O2. The highest BCUT2D eigenvalue weighted by atomic mass is 16.3. The molecule has 2 aliphatic rings. The summed E-state index contributed by atoms with van der Waals surface area (Å²) in [6, 6.07) is 6.28. The molecule has 1 aliphatic carbocycles. The maximum Gasteiger partial charge on any atom is 0.220 e. The van der Waals surface area contributed by atoms with Crippen molar-refractivity contribution in [1.82, 2.24) is 10.6 Å². The highest BCUT2D eigenvalue weighted by molar-refractivity contribution is 5.78. The summed E-state index contributed by atoms with van der Waals surface area (Å²) >= 11 is 0. The fraction of sp³-hybridized carbons (Fsp3) is 0.533. The van der Waals surface area contributed by atoms with E-state index in [2.05, 4.69) is 10.6 Å². The number of phenols is 1. The Kier molecular flexibility index (Phi) is 3.42. The van der Waals surface area contributed by atoms with Crippen LogP contribution in [-0.4, -0.2) is 23.6 Å². The molecule has 4 nitrogen and oxygen atoms in total. The van der Waals surface area contributed by atoms with Gasteiger partial charge in [0.1, 0.15) is 5.75 Å². The zero-order chi connectivity index (χ0) is 13.2. The van der Waals surface area contributed by atoms with Gasteiger partial charge in [-0.3, -0.25) is 4.79 Å². The number of fused-ring (bicyclic) bond motifs is 1. The van der Waals surface area contributed by atoms with Crippen LogP contribution in [0.5, 0.6) is 5.75 Å². The van der Waals surface area contributed by atoms with Crippen LogP contribution in [0, 0.1) is 0 Å². The van der Waals surface area contributed by atoms with Crippen molar-refractivity contribution in [3.05, 3.63) is 29.3 Å². The smallest absolute Gasteiger partial charge is 0.220 e. The standard InChI is InChI=1S/C15H20N2O2/c18-12-5-6-13-10(8-12)2-1-3-14(13)16-9-11-4-7-15(19)17-11/h5-6,8,11,14,16,18H,1-4,7,9H2,(H,17,19). The van der Waals surface area contributed by atoms with Crippen LogP contribution in [0.3, 0.4) is 0 Å². The van der Waals surface area contributed by atoms with E-state index in [1.807, 2.05) is 12.1 Å².